The van der Waals surface area contributed by atoms with Gasteiger partial charge in [-0.25, -0.2) is 0 Å². The van der Waals surface area contributed by atoms with Crippen LogP contribution < -0.4 is 0 Å². The zero-order valence-electron chi connectivity index (χ0n) is 5.90. The van der Waals surface area contributed by atoms with Crippen LogP contribution in [0.15, 0.2) is 0 Å². The van der Waals surface area contributed by atoms with Crippen molar-refractivity contribution < 1.29 is 5.11 Å². The van der Waals surface area contributed by atoms with Crippen LogP contribution in [0, 0.1) is 0 Å². The van der Waals surface area contributed by atoms with Gasteiger partial charge in [0, 0.05) is 6.04 Å². The van der Waals surface area contributed by atoms with Gasteiger partial charge >= 0.3 is 0 Å². The molecule has 0 spiro atoms. The average molecular weight is 167 g/mol. The van der Waals surface area contributed by atoms with E-state index in [2.05, 4.69) is 11.7 Å². The monoisotopic (exact) mass is 167 g/mol. The molecule has 0 bridgehead atoms. The third kappa shape index (κ3) is 3.35. The Labute approximate surface area is 65.4 Å². The molecule has 0 saturated heterocycles. The van der Waals surface area contributed by atoms with Gasteiger partial charge in [-0.15, -0.1) is 11.7 Å². The van der Waals surface area contributed by atoms with Crippen LogP contribution in [-0.4, -0.2) is 35.6 Å². The molecular weight excluding hydrogens is 154 g/mol. The van der Waals surface area contributed by atoms with Gasteiger partial charge in [0.25, 0.3) is 0 Å². The molecule has 0 saturated carbocycles. The molecule has 0 radical (unpaired) electrons. The van der Waals surface area contributed by atoms with Crippen LogP contribution in [0.5, 0.6) is 0 Å². The highest BCUT2D eigenvalue weighted by Crippen LogP contribution is 2.17. The van der Waals surface area contributed by atoms with Crippen molar-refractivity contribution in [2.45, 2.75) is 18.4 Å². The summed E-state index contributed by atoms with van der Waals surface area (Å²) in [5, 5.41) is 9.14. The molecule has 2 atom stereocenters. The first-order chi connectivity index (χ1) is 4.09. The minimum atomic E-state index is -0.400. The van der Waals surface area contributed by atoms with E-state index in [0.29, 0.717) is 0 Å². The molecule has 1 N–H and O–H groups in total. The summed E-state index contributed by atoms with van der Waals surface area (Å²) in [5.74, 6) is 0. The molecular formula is C5H13NOS2. The van der Waals surface area contributed by atoms with E-state index in [4.69, 9.17) is 5.11 Å². The number of rotatable bonds is 3. The lowest BCUT2D eigenvalue weighted by molar-refractivity contribution is 0.155. The van der Waals surface area contributed by atoms with E-state index < -0.39 is 5.44 Å². The average Bonchev–Trinajstić information content (AvgIpc) is 1.84. The predicted molar refractivity (Wildman–Crippen MR) is 45.7 cm³/mol. The predicted octanol–water partition coefficient (Wildman–Crippen LogP) is 0.833. The molecule has 2 nitrogen and oxygen atoms in total. The maximum absolute atomic E-state index is 9.14. The van der Waals surface area contributed by atoms with E-state index in [1.165, 1.54) is 10.8 Å². The Morgan fingerprint density at radius 1 is 1.56 bits per heavy atom. The fourth-order valence-corrected chi connectivity index (χ4v) is 1.29. The number of aliphatic hydroxyl groups excluding tert-OH is 1. The summed E-state index contributed by atoms with van der Waals surface area (Å²) in [6.07, 6.45) is 0. The zero-order valence-corrected chi connectivity index (χ0v) is 7.62. The molecule has 9 heavy (non-hydrogen) atoms. The van der Waals surface area contributed by atoms with Crippen molar-refractivity contribution in [2.24, 2.45) is 0 Å². The summed E-state index contributed by atoms with van der Waals surface area (Å²) in [6.45, 7) is 1.95. The van der Waals surface area contributed by atoms with E-state index in [1.807, 2.05) is 25.9 Å². The largest absolute Gasteiger partial charge is 0.380 e. The molecule has 0 aliphatic carbocycles. The Kier molecular flexibility index (Phi) is 4.74. The fraction of sp³-hybridized carbons (Fsp3) is 1.00. The maximum atomic E-state index is 9.14. The Morgan fingerprint density at radius 2 is 2.00 bits per heavy atom. The third-order valence-electron chi connectivity index (χ3n) is 1.34. The van der Waals surface area contributed by atoms with Crippen molar-refractivity contribution in [3.05, 3.63) is 0 Å². The van der Waals surface area contributed by atoms with Crippen LogP contribution in [-0.2, 0) is 0 Å². The molecule has 0 aliphatic rings. The number of hydrogen-bond acceptors (Lipinski definition) is 4. The minimum Gasteiger partial charge on any atom is -0.380 e. The van der Waals surface area contributed by atoms with Crippen molar-refractivity contribution in [3.8, 4) is 0 Å². The number of likely N-dealkylation sites (N-methyl/N-ethyl adjacent to an activating group) is 1. The van der Waals surface area contributed by atoms with E-state index in [1.54, 1.807) is 0 Å². The number of aliphatic hydroxyl groups is 1. The normalized spacial score (nSPS) is 18.0. The second-order valence-electron chi connectivity index (χ2n) is 2.20. The summed E-state index contributed by atoms with van der Waals surface area (Å²) in [5.41, 5.74) is -0.400. The topological polar surface area (TPSA) is 23.5 Å². The first-order valence-electron chi connectivity index (χ1n) is 2.74. The van der Waals surface area contributed by atoms with Gasteiger partial charge in [0.2, 0.25) is 0 Å². The van der Waals surface area contributed by atoms with Crippen LogP contribution in [0.25, 0.3) is 0 Å². The highest BCUT2D eigenvalue weighted by Gasteiger charge is 2.14. The molecule has 0 aromatic rings. The van der Waals surface area contributed by atoms with Crippen molar-refractivity contribution in [1.29, 1.82) is 0 Å². The van der Waals surface area contributed by atoms with Gasteiger partial charge in [-0.05, 0) is 21.0 Å². The van der Waals surface area contributed by atoms with Crippen LogP contribution in [0.3, 0.4) is 0 Å². The summed E-state index contributed by atoms with van der Waals surface area (Å²) >= 11 is 3.89. The highest BCUT2D eigenvalue weighted by atomic mass is 33.1. The van der Waals surface area contributed by atoms with Gasteiger partial charge < -0.3 is 10.0 Å². The lowest BCUT2D eigenvalue weighted by Crippen LogP contribution is -2.33. The van der Waals surface area contributed by atoms with Crippen LogP contribution >= 0.6 is 22.5 Å². The van der Waals surface area contributed by atoms with Gasteiger partial charge in [0.15, 0.2) is 0 Å². The number of hydrogen-bond donors (Lipinski definition) is 2. The summed E-state index contributed by atoms with van der Waals surface area (Å²) < 4.78 is 0. The van der Waals surface area contributed by atoms with Gasteiger partial charge in [-0.1, -0.05) is 10.8 Å². The second kappa shape index (κ2) is 4.44. The van der Waals surface area contributed by atoms with Crippen molar-refractivity contribution in [2.75, 3.05) is 14.1 Å². The van der Waals surface area contributed by atoms with E-state index in [-0.39, 0.29) is 6.04 Å². The second-order valence-corrected chi connectivity index (χ2v) is 3.53. The van der Waals surface area contributed by atoms with E-state index in [0.717, 1.165) is 0 Å². The molecule has 0 amide bonds. The van der Waals surface area contributed by atoms with Crippen LogP contribution in [0.4, 0.5) is 0 Å². The Bertz CT molecular complexity index is 79.4. The lowest BCUT2D eigenvalue weighted by Gasteiger charge is -2.22. The standard InChI is InChI=1S/C5H13NOS2/c1-4(6(2)3)5(7)9-8/h4-5,7-8H,1-3H3/t4-,5?/m0/s1. The molecule has 0 aromatic carbocycles. The quantitative estimate of drug-likeness (QED) is 0.370. The zero-order chi connectivity index (χ0) is 7.44. The summed E-state index contributed by atoms with van der Waals surface area (Å²) in [4.78, 5) is 1.95. The highest BCUT2D eigenvalue weighted by molar-refractivity contribution is 8.68. The van der Waals surface area contributed by atoms with Crippen molar-refractivity contribution in [1.82, 2.24) is 4.90 Å². The summed E-state index contributed by atoms with van der Waals surface area (Å²) in [6, 6.07) is 0.160. The Hall–Kier alpha value is 0.620. The number of nitrogens with zero attached hydrogens (tertiary/aromatic N) is 1. The van der Waals surface area contributed by atoms with Crippen LogP contribution in [0.2, 0.25) is 0 Å². The molecule has 4 heteroatoms. The number of thiol groups is 1. The van der Waals surface area contributed by atoms with Gasteiger partial charge in [-0.3, -0.25) is 0 Å². The first kappa shape index (κ1) is 9.62. The lowest BCUT2D eigenvalue weighted by atomic mass is 10.3. The Balaban J connectivity index is 3.58. The molecule has 0 rings (SSSR count). The van der Waals surface area contributed by atoms with E-state index >= 15 is 0 Å². The third-order valence-corrected chi connectivity index (χ3v) is 2.59. The van der Waals surface area contributed by atoms with Crippen molar-refractivity contribution in [3.63, 3.8) is 0 Å². The fourth-order valence-electron chi connectivity index (χ4n) is 0.343. The van der Waals surface area contributed by atoms with Gasteiger partial charge in [0.05, 0.1) is 0 Å². The first-order valence-corrected chi connectivity index (χ1v) is 4.67. The van der Waals surface area contributed by atoms with Crippen molar-refractivity contribution >= 4 is 22.5 Å². The molecule has 0 heterocycles. The molecule has 56 valence electrons. The molecule has 0 fully saturated rings. The maximum Gasteiger partial charge on any atom is 0.124 e. The summed E-state index contributed by atoms with van der Waals surface area (Å²) in [7, 11) is 5.03. The Morgan fingerprint density at radius 3 is 2.11 bits per heavy atom. The minimum absolute atomic E-state index is 0.160. The van der Waals surface area contributed by atoms with Crippen LogP contribution in [0.1, 0.15) is 6.92 Å². The molecule has 0 aliphatic heterocycles. The SMILES string of the molecule is C[C@@H](C(O)SS)N(C)C. The smallest absolute Gasteiger partial charge is 0.124 e. The van der Waals surface area contributed by atoms with Gasteiger partial charge in [0.1, 0.15) is 5.44 Å². The molecule has 0 aromatic heterocycles. The van der Waals surface area contributed by atoms with E-state index in [9.17, 15) is 0 Å². The van der Waals surface area contributed by atoms with Gasteiger partial charge in [-0.2, -0.15) is 0 Å². The molecule has 1 unspecified atom stereocenters.